The van der Waals surface area contributed by atoms with Crippen molar-refractivity contribution >= 4 is 0 Å². The second-order valence-electron chi connectivity index (χ2n) is 3.98. The lowest BCUT2D eigenvalue weighted by molar-refractivity contribution is 0.0377. The third-order valence-electron chi connectivity index (χ3n) is 2.82. The van der Waals surface area contributed by atoms with E-state index in [2.05, 4.69) is 0 Å². The fourth-order valence-corrected chi connectivity index (χ4v) is 2.02. The van der Waals surface area contributed by atoms with Crippen molar-refractivity contribution in [3.8, 4) is 5.75 Å². The summed E-state index contributed by atoms with van der Waals surface area (Å²) >= 11 is 0. The van der Waals surface area contributed by atoms with E-state index in [4.69, 9.17) is 10.5 Å². The second kappa shape index (κ2) is 3.45. The predicted molar refractivity (Wildman–Crippen MR) is 52.9 cm³/mol. The second-order valence-corrected chi connectivity index (χ2v) is 3.98. The smallest absolute Gasteiger partial charge is 0.142 e. The van der Waals surface area contributed by atoms with Crippen molar-refractivity contribution in [2.75, 3.05) is 7.11 Å². The van der Waals surface area contributed by atoms with Crippen LogP contribution in [0.4, 0.5) is 8.78 Å². The zero-order valence-electron chi connectivity index (χ0n) is 8.47. The number of halogens is 2. The maximum Gasteiger partial charge on any atom is 0.142 e. The van der Waals surface area contributed by atoms with Gasteiger partial charge in [-0.2, -0.15) is 0 Å². The molecule has 0 amide bonds. The van der Waals surface area contributed by atoms with Crippen molar-refractivity contribution in [3.05, 3.63) is 29.6 Å². The fraction of sp³-hybridized carbons (Fsp3) is 0.455. The van der Waals surface area contributed by atoms with Crippen LogP contribution in [0.2, 0.25) is 0 Å². The molecule has 0 atom stereocenters. The van der Waals surface area contributed by atoms with Crippen molar-refractivity contribution in [3.63, 3.8) is 0 Å². The van der Waals surface area contributed by atoms with Gasteiger partial charge < -0.3 is 10.5 Å². The molecule has 0 aromatic heterocycles. The van der Waals surface area contributed by atoms with Crippen LogP contribution < -0.4 is 10.5 Å². The van der Waals surface area contributed by atoms with Crippen molar-refractivity contribution in [2.24, 2.45) is 5.73 Å². The average Bonchev–Trinajstić information content (AvgIpc) is 2.15. The van der Waals surface area contributed by atoms with Crippen LogP contribution in [0.3, 0.4) is 0 Å². The number of benzene rings is 1. The molecule has 1 aromatic carbocycles. The summed E-state index contributed by atoms with van der Waals surface area (Å²) in [5, 5.41) is 0. The molecule has 0 heterocycles. The Kier molecular flexibility index (Phi) is 2.38. The number of rotatable bonds is 2. The van der Waals surface area contributed by atoms with Gasteiger partial charge in [0.25, 0.3) is 0 Å². The highest BCUT2D eigenvalue weighted by Crippen LogP contribution is 2.47. The van der Waals surface area contributed by atoms with E-state index in [0.717, 1.165) is 0 Å². The Morgan fingerprint density at radius 1 is 1.47 bits per heavy atom. The summed E-state index contributed by atoms with van der Waals surface area (Å²) in [6.07, 6.45) is 0.458. The first-order valence-corrected chi connectivity index (χ1v) is 4.84. The Morgan fingerprint density at radius 2 is 2.13 bits per heavy atom. The monoisotopic (exact) mass is 213 g/mol. The molecule has 15 heavy (non-hydrogen) atoms. The highest BCUT2D eigenvalue weighted by atomic mass is 19.1. The van der Waals surface area contributed by atoms with E-state index in [-0.39, 0.29) is 24.4 Å². The van der Waals surface area contributed by atoms with Gasteiger partial charge in [-0.3, -0.25) is 0 Å². The van der Waals surface area contributed by atoms with Gasteiger partial charge in [0.15, 0.2) is 0 Å². The number of nitrogens with two attached hydrogens (primary N) is 1. The van der Waals surface area contributed by atoms with Gasteiger partial charge in [-0.1, -0.05) is 0 Å². The van der Waals surface area contributed by atoms with E-state index in [1.54, 1.807) is 0 Å². The van der Waals surface area contributed by atoms with Gasteiger partial charge in [0, 0.05) is 24.4 Å². The summed E-state index contributed by atoms with van der Waals surface area (Å²) in [6.45, 7) is 0. The minimum atomic E-state index is -1.52. The molecule has 0 unspecified atom stereocenters. The summed E-state index contributed by atoms with van der Waals surface area (Å²) in [4.78, 5) is 0. The van der Waals surface area contributed by atoms with Crippen molar-refractivity contribution in [1.29, 1.82) is 0 Å². The Balaban J connectivity index is 2.38. The third kappa shape index (κ3) is 1.69. The number of hydrogen-bond acceptors (Lipinski definition) is 2. The predicted octanol–water partition coefficient (Wildman–Crippen LogP) is 2.12. The van der Waals surface area contributed by atoms with Gasteiger partial charge in [0.05, 0.1) is 7.11 Å². The van der Waals surface area contributed by atoms with Crippen LogP contribution in [-0.4, -0.2) is 13.2 Å². The average molecular weight is 213 g/mol. The van der Waals surface area contributed by atoms with Gasteiger partial charge >= 0.3 is 0 Å². The zero-order valence-corrected chi connectivity index (χ0v) is 8.47. The minimum Gasteiger partial charge on any atom is -0.496 e. The van der Waals surface area contributed by atoms with Crippen molar-refractivity contribution < 1.29 is 13.5 Å². The van der Waals surface area contributed by atoms with E-state index in [1.807, 2.05) is 0 Å². The lowest BCUT2D eigenvalue weighted by Gasteiger charge is -2.40. The number of ether oxygens (including phenoxy) is 1. The van der Waals surface area contributed by atoms with E-state index in [9.17, 15) is 8.78 Å². The number of alkyl halides is 1. The molecule has 0 radical (unpaired) electrons. The molecule has 2 rings (SSSR count). The SMILES string of the molecule is COc1ccc(F)cc1C1(F)CC(N)C1. The lowest BCUT2D eigenvalue weighted by Crippen LogP contribution is -2.46. The van der Waals surface area contributed by atoms with Gasteiger partial charge in [-0.15, -0.1) is 0 Å². The summed E-state index contributed by atoms with van der Waals surface area (Å²) in [5.41, 5.74) is 4.30. The summed E-state index contributed by atoms with van der Waals surface area (Å²) < 4.78 is 32.2. The van der Waals surface area contributed by atoms with Crippen LogP contribution >= 0.6 is 0 Å². The van der Waals surface area contributed by atoms with Crippen LogP contribution in [0.5, 0.6) is 5.75 Å². The van der Waals surface area contributed by atoms with E-state index in [0.29, 0.717) is 5.75 Å². The highest BCUT2D eigenvalue weighted by molar-refractivity contribution is 5.40. The molecular formula is C11H13F2NO. The molecule has 0 bridgehead atoms. The fourth-order valence-electron chi connectivity index (χ4n) is 2.02. The first kappa shape index (κ1) is 10.4. The maximum atomic E-state index is 14.2. The number of hydrogen-bond donors (Lipinski definition) is 1. The molecule has 4 heteroatoms. The molecule has 1 aliphatic carbocycles. The van der Waals surface area contributed by atoms with Crippen LogP contribution in [0, 0.1) is 5.82 Å². The molecule has 2 N–H and O–H groups in total. The topological polar surface area (TPSA) is 35.2 Å². The molecule has 0 saturated heterocycles. The Bertz CT molecular complexity index is 375. The Hall–Kier alpha value is -1.16. The highest BCUT2D eigenvalue weighted by Gasteiger charge is 2.46. The first-order valence-electron chi connectivity index (χ1n) is 4.84. The zero-order chi connectivity index (χ0) is 11.1. The van der Waals surface area contributed by atoms with Gasteiger partial charge in [-0.25, -0.2) is 8.78 Å². The molecule has 82 valence electrons. The standard InChI is InChI=1S/C11H13F2NO/c1-15-10-3-2-7(12)4-9(10)11(13)5-8(14)6-11/h2-4,8H,5-6,14H2,1H3. The van der Waals surface area contributed by atoms with Crippen LogP contribution in [0.15, 0.2) is 18.2 Å². The minimum absolute atomic E-state index is 0.136. The number of methoxy groups -OCH3 is 1. The first-order chi connectivity index (χ1) is 7.05. The molecule has 1 saturated carbocycles. The normalized spacial score (nSPS) is 29.7. The van der Waals surface area contributed by atoms with Crippen molar-refractivity contribution in [1.82, 2.24) is 0 Å². The van der Waals surface area contributed by atoms with E-state index >= 15 is 0 Å². The van der Waals surface area contributed by atoms with Crippen LogP contribution in [-0.2, 0) is 5.67 Å². The third-order valence-corrected chi connectivity index (χ3v) is 2.82. The summed E-state index contributed by atoms with van der Waals surface area (Å²) in [6, 6.07) is 3.74. The van der Waals surface area contributed by atoms with Gasteiger partial charge in [0.1, 0.15) is 17.2 Å². The quantitative estimate of drug-likeness (QED) is 0.816. The molecule has 1 fully saturated rings. The Labute approximate surface area is 87.0 Å². The lowest BCUT2D eigenvalue weighted by atomic mass is 9.73. The molecule has 2 nitrogen and oxygen atoms in total. The maximum absolute atomic E-state index is 14.2. The van der Waals surface area contributed by atoms with Crippen molar-refractivity contribution in [2.45, 2.75) is 24.6 Å². The molecule has 0 spiro atoms. The molecule has 1 aromatic rings. The van der Waals surface area contributed by atoms with E-state index in [1.165, 1.54) is 25.3 Å². The summed E-state index contributed by atoms with van der Waals surface area (Å²) in [7, 11) is 1.44. The van der Waals surface area contributed by atoms with Crippen LogP contribution in [0.1, 0.15) is 18.4 Å². The van der Waals surface area contributed by atoms with E-state index < -0.39 is 11.5 Å². The van der Waals surface area contributed by atoms with Crippen LogP contribution in [0.25, 0.3) is 0 Å². The summed E-state index contributed by atoms with van der Waals surface area (Å²) in [5.74, 6) is -0.0749. The molecule has 1 aliphatic rings. The Morgan fingerprint density at radius 3 is 2.67 bits per heavy atom. The largest absolute Gasteiger partial charge is 0.496 e. The molecule has 0 aliphatic heterocycles. The van der Waals surface area contributed by atoms with Gasteiger partial charge in [-0.05, 0) is 18.2 Å². The van der Waals surface area contributed by atoms with Gasteiger partial charge in [0.2, 0.25) is 0 Å². The molecular weight excluding hydrogens is 200 g/mol.